The van der Waals surface area contributed by atoms with Gasteiger partial charge in [0, 0.05) is 18.3 Å². The summed E-state index contributed by atoms with van der Waals surface area (Å²) in [7, 11) is 0. The zero-order chi connectivity index (χ0) is 11.5. The molecule has 1 aromatic rings. The first-order chi connectivity index (χ1) is 7.74. The van der Waals surface area contributed by atoms with Crippen molar-refractivity contribution in [2.75, 3.05) is 11.4 Å². The Morgan fingerprint density at radius 2 is 2.38 bits per heavy atom. The summed E-state index contributed by atoms with van der Waals surface area (Å²) in [5, 5.41) is 3.97. The highest BCUT2D eigenvalue weighted by molar-refractivity contribution is 7.80. The molecule has 84 valence electrons. The highest BCUT2D eigenvalue weighted by Crippen LogP contribution is 2.31. The van der Waals surface area contributed by atoms with Gasteiger partial charge in [-0.05, 0) is 37.2 Å². The summed E-state index contributed by atoms with van der Waals surface area (Å²) < 4.78 is 0. The van der Waals surface area contributed by atoms with E-state index in [1.54, 1.807) is 0 Å². The van der Waals surface area contributed by atoms with Crippen LogP contribution >= 0.6 is 12.2 Å². The molecule has 0 aliphatic carbocycles. The lowest BCUT2D eigenvalue weighted by molar-refractivity contribution is 0.763. The Kier molecular flexibility index (Phi) is 3.25. The summed E-state index contributed by atoms with van der Waals surface area (Å²) in [6, 6.07) is 8.86. The van der Waals surface area contributed by atoms with Crippen molar-refractivity contribution >= 4 is 23.0 Å². The zero-order valence-electron chi connectivity index (χ0n) is 9.44. The molecule has 0 radical (unpaired) electrons. The van der Waals surface area contributed by atoms with Gasteiger partial charge in [-0.3, -0.25) is 0 Å². The quantitative estimate of drug-likeness (QED) is 0.623. The van der Waals surface area contributed by atoms with Gasteiger partial charge in [-0.15, -0.1) is 6.58 Å². The summed E-state index contributed by atoms with van der Waals surface area (Å²) in [6.45, 7) is 6.59. The van der Waals surface area contributed by atoms with Gasteiger partial charge in [0.15, 0.2) is 5.11 Å². The minimum atomic E-state index is 0.433. The Balaban J connectivity index is 2.21. The van der Waals surface area contributed by atoms with Crippen LogP contribution in [0.2, 0.25) is 0 Å². The van der Waals surface area contributed by atoms with Gasteiger partial charge in [-0.2, -0.15) is 0 Å². The topological polar surface area (TPSA) is 15.3 Å². The molecule has 0 unspecified atom stereocenters. The van der Waals surface area contributed by atoms with E-state index in [1.165, 1.54) is 11.3 Å². The fourth-order valence-corrected chi connectivity index (χ4v) is 2.48. The first-order valence-corrected chi connectivity index (χ1v) is 5.90. The zero-order valence-corrected chi connectivity index (χ0v) is 10.3. The molecule has 16 heavy (non-hydrogen) atoms. The molecule has 1 aliphatic rings. The Labute approximate surface area is 102 Å². The molecule has 1 aliphatic heterocycles. The molecule has 1 aromatic carbocycles. The van der Waals surface area contributed by atoms with E-state index in [1.807, 2.05) is 6.08 Å². The second-order valence-electron chi connectivity index (χ2n) is 4.03. The third kappa shape index (κ3) is 1.95. The van der Waals surface area contributed by atoms with Gasteiger partial charge in [-0.1, -0.05) is 24.3 Å². The van der Waals surface area contributed by atoms with Gasteiger partial charge in [-0.25, -0.2) is 0 Å². The first kappa shape index (κ1) is 11.1. The van der Waals surface area contributed by atoms with Gasteiger partial charge in [0.2, 0.25) is 0 Å². The number of para-hydroxylation sites is 1. The average molecular weight is 232 g/mol. The van der Waals surface area contributed by atoms with Crippen LogP contribution in [0.4, 0.5) is 5.69 Å². The summed E-state index contributed by atoms with van der Waals surface area (Å²) in [5.74, 6) is 0. The third-order valence-corrected chi connectivity index (χ3v) is 3.16. The number of rotatable bonds is 2. The van der Waals surface area contributed by atoms with Gasteiger partial charge < -0.3 is 10.2 Å². The number of nitrogens with one attached hydrogen (secondary N) is 1. The summed E-state index contributed by atoms with van der Waals surface area (Å²) in [4.78, 5) is 2.19. The van der Waals surface area contributed by atoms with Gasteiger partial charge in [0.05, 0.1) is 0 Å². The Hall–Kier alpha value is -1.35. The molecule has 0 aromatic heterocycles. The van der Waals surface area contributed by atoms with Crippen LogP contribution in [0.15, 0.2) is 36.9 Å². The van der Waals surface area contributed by atoms with E-state index in [0.29, 0.717) is 12.6 Å². The van der Waals surface area contributed by atoms with E-state index in [2.05, 4.69) is 48.0 Å². The van der Waals surface area contributed by atoms with Crippen LogP contribution in [0.3, 0.4) is 0 Å². The molecule has 0 saturated carbocycles. The second-order valence-corrected chi connectivity index (χ2v) is 4.41. The SMILES string of the molecule is C=CCNC(=S)N1c2ccccc2C[C@@H]1C. The van der Waals surface area contributed by atoms with Crippen molar-refractivity contribution in [2.45, 2.75) is 19.4 Å². The van der Waals surface area contributed by atoms with Crippen molar-refractivity contribution in [3.05, 3.63) is 42.5 Å². The molecule has 0 spiro atoms. The molecule has 0 fully saturated rings. The summed E-state index contributed by atoms with van der Waals surface area (Å²) >= 11 is 5.40. The highest BCUT2D eigenvalue weighted by atomic mass is 32.1. The number of nitrogens with zero attached hydrogens (tertiary/aromatic N) is 1. The number of hydrogen-bond acceptors (Lipinski definition) is 1. The number of benzene rings is 1. The molecule has 1 N–H and O–H groups in total. The van der Waals surface area contributed by atoms with Gasteiger partial charge in [0.25, 0.3) is 0 Å². The van der Waals surface area contributed by atoms with E-state index < -0.39 is 0 Å². The van der Waals surface area contributed by atoms with Crippen molar-refractivity contribution in [1.29, 1.82) is 0 Å². The minimum Gasteiger partial charge on any atom is -0.359 e. The maximum absolute atomic E-state index is 5.40. The van der Waals surface area contributed by atoms with E-state index in [9.17, 15) is 0 Å². The molecule has 3 heteroatoms. The van der Waals surface area contributed by atoms with Gasteiger partial charge in [0.1, 0.15) is 0 Å². The predicted octanol–water partition coefficient (Wildman–Crippen LogP) is 2.50. The average Bonchev–Trinajstić information content (AvgIpc) is 2.62. The van der Waals surface area contributed by atoms with Crippen LogP contribution in [0.5, 0.6) is 0 Å². The third-order valence-electron chi connectivity index (χ3n) is 2.82. The van der Waals surface area contributed by atoms with Crippen molar-refractivity contribution in [3.63, 3.8) is 0 Å². The molecule has 2 nitrogen and oxygen atoms in total. The largest absolute Gasteiger partial charge is 0.359 e. The molecule has 1 heterocycles. The van der Waals surface area contributed by atoms with E-state index in [-0.39, 0.29) is 0 Å². The lowest BCUT2D eigenvalue weighted by atomic mass is 10.1. The van der Waals surface area contributed by atoms with Crippen LogP contribution < -0.4 is 10.2 Å². The Bertz CT molecular complexity index is 414. The standard InChI is InChI=1S/C13H16N2S/c1-3-8-14-13(16)15-10(2)9-11-6-4-5-7-12(11)15/h3-7,10H,1,8-9H2,2H3,(H,14,16)/t10-/m0/s1. The highest BCUT2D eigenvalue weighted by Gasteiger charge is 2.27. The number of fused-ring (bicyclic) bond motifs is 1. The normalized spacial score (nSPS) is 18.1. The molecule has 2 rings (SSSR count). The van der Waals surface area contributed by atoms with Crippen LogP contribution in [0, 0.1) is 0 Å². The van der Waals surface area contributed by atoms with Crippen LogP contribution in [-0.2, 0) is 6.42 Å². The number of hydrogen-bond donors (Lipinski definition) is 1. The smallest absolute Gasteiger partial charge is 0.173 e. The van der Waals surface area contributed by atoms with Crippen molar-refractivity contribution in [2.24, 2.45) is 0 Å². The second kappa shape index (κ2) is 4.66. The number of thiocarbonyl (C=S) groups is 1. The van der Waals surface area contributed by atoms with Crippen LogP contribution in [0.25, 0.3) is 0 Å². The molecule has 1 atom stereocenters. The van der Waals surface area contributed by atoms with Crippen molar-refractivity contribution < 1.29 is 0 Å². The summed E-state index contributed by atoms with van der Waals surface area (Å²) in [5.41, 5.74) is 2.61. The van der Waals surface area contributed by atoms with Crippen molar-refractivity contribution in [3.8, 4) is 0 Å². The fourth-order valence-electron chi connectivity index (χ4n) is 2.12. The monoisotopic (exact) mass is 232 g/mol. The molecule has 0 bridgehead atoms. The number of anilines is 1. The lowest BCUT2D eigenvalue weighted by Gasteiger charge is -2.25. The van der Waals surface area contributed by atoms with Crippen LogP contribution in [0.1, 0.15) is 12.5 Å². The van der Waals surface area contributed by atoms with Crippen LogP contribution in [-0.4, -0.2) is 17.7 Å². The maximum Gasteiger partial charge on any atom is 0.173 e. The maximum atomic E-state index is 5.40. The Morgan fingerprint density at radius 1 is 1.62 bits per heavy atom. The van der Waals surface area contributed by atoms with Crippen molar-refractivity contribution in [1.82, 2.24) is 5.32 Å². The summed E-state index contributed by atoms with van der Waals surface area (Å²) in [6.07, 6.45) is 2.88. The molecule has 0 saturated heterocycles. The first-order valence-electron chi connectivity index (χ1n) is 5.50. The molecule has 0 amide bonds. The molecular weight excluding hydrogens is 216 g/mol. The Morgan fingerprint density at radius 3 is 3.12 bits per heavy atom. The molecular formula is C13H16N2S. The van der Waals surface area contributed by atoms with E-state index in [0.717, 1.165) is 11.5 Å². The van der Waals surface area contributed by atoms with Gasteiger partial charge >= 0.3 is 0 Å². The minimum absolute atomic E-state index is 0.433. The van der Waals surface area contributed by atoms with E-state index >= 15 is 0 Å². The fraction of sp³-hybridized carbons (Fsp3) is 0.308. The predicted molar refractivity (Wildman–Crippen MR) is 72.9 cm³/mol. The lowest BCUT2D eigenvalue weighted by Crippen LogP contribution is -2.43. The van der Waals surface area contributed by atoms with E-state index in [4.69, 9.17) is 12.2 Å².